The summed E-state index contributed by atoms with van der Waals surface area (Å²) in [6.45, 7) is 3.06. The van der Waals surface area contributed by atoms with Gasteiger partial charge < -0.3 is 14.6 Å². The quantitative estimate of drug-likeness (QED) is 0.325. The van der Waals surface area contributed by atoms with Gasteiger partial charge in [0.1, 0.15) is 0 Å². The minimum absolute atomic E-state index is 0.0814. The summed E-state index contributed by atoms with van der Waals surface area (Å²) in [4.78, 5) is 47.9. The van der Waals surface area contributed by atoms with E-state index in [1.807, 2.05) is 43.3 Å². The Kier molecular flexibility index (Phi) is 7.56. The van der Waals surface area contributed by atoms with Gasteiger partial charge in [0.05, 0.1) is 0 Å². The smallest absolute Gasteiger partial charge is 0.304 e. The van der Waals surface area contributed by atoms with E-state index in [1.165, 1.54) is 17.6 Å². The standard InChI is InChI=1S/C26H26N2O5/c1-17-6-4-5-7-22(17)23(14-24(30)21-12-13-25(31)28(3)15-21)19-8-10-20(11-9-19)26(32)27-16-33-18(2)29/h4-13,15,23H,14,16H2,1-3H3,(H,27,32). The van der Waals surface area contributed by atoms with Gasteiger partial charge in [-0.05, 0) is 41.8 Å². The van der Waals surface area contributed by atoms with Crippen LogP contribution in [-0.4, -0.2) is 29.0 Å². The zero-order chi connectivity index (χ0) is 24.0. The Hall–Kier alpha value is -4.00. The molecular weight excluding hydrogens is 420 g/mol. The van der Waals surface area contributed by atoms with E-state index in [0.29, 0.717) is 11.1 Å². The Morgan fingerprint density at radius 2 is 1.64 bits per heavy atom. The maximum Gasteiger partial charge on any atom is 0.304 e. The van der Waals surface area contributed by atoms with E-state index in [0.717, 1.165) is 16.7 Å². The lowest BCUT2D eigenvalue weighted by molar-refractivity contribution is -0.141. The van der Waals surface area contributed by atoms with Crippen molar-refractivity contribution in [3.8, 4) is 0 Å². The molecule has 0 saturated heterocycles. The largest absolute Gasteiger partial charge is 0.445 e. The molecule has 7 nitrogen and oxygen atoms in total. The van der Waals surface area contributed by atoms with Crippen LogP contribution in [0.5, 0.6) is 0 Å². The molecule has 0 aliphatic heterocycles. The number of rotatable bonds is 8. The number of carbonyl (C=O) groups is 3. The maximum absolute atomic E-state index is 13.1. The number of aryl methyl sites for hydroxylation is 2. The third kappa shape index (κ3) is 6.04. The number of amides is 1. The highest BCUT2D eigenvalue weighted by molar-refractivity contribution is 5.97. The predicted molar refractivity (Wildman–Crippen MR) is 124 cm³/mol. The minimum Gasteiger partial charge on any atom is -0.445 e. The van der Waals surface area contributed by atoms with Crippen LogP contribution >= 0.6 is 0 Å². The van der Waals surface area contributed by atoms with E-state index in [-0.39, 0.29) is 36.3 Å². The van der Waals surface area contributed by atoms with E-state index in [9.17, 15) is 19.2 Å². The van der Waals surface area contributed by atoms with E-state index < -0.39 is 5.97 Å². The van der Waals surface area contributed by atoms with Crippen LogP contribution in [0.1, 0.15) is 56.7 Å². The fraction of sp³-hybridized carbons (Fsp3) is 0.231. The van der Waals surface area contributed by atoms with Crippen LogP contribution in [0.3, 0.4) is 0 Å². The first-order valence-electron chi connectivity index (χ1n) is 10.5. The maximum atomic E-state index is 13.1. The van der Waals surface area contributed by atoms with Gasteiger partial charge in [0, 0.05) is 49.7 Å². The molecule has 33 heavy (non-hydrogen) atoms. The Balaban J connectivity index is 1.87. The molecule has 170 valence electrons. The molecule has 0 aliphatic carbocycles. The number of hydrogen-bond donors (Lipinski definition) is 1. The molecule has 0 spiro atoms. The topological polar surface area (TPSA) is 94.5 Å². The number of hydrogen-bond acceptors (Lipinski definition) is 5. The van der Waals surface area contributed by atoms with E-state index in [1.54, 1.807) is 31.4 Å². The molecule has 1 unspecified atom stereocenters. The number of nitrogens with one attached hydrogen (secondary N) is 1. The Morgan fingerprint density at radius 1 is 0.970 bits per heavy atom. The number of esters is 1. The zero-order valence-corrected chi connectivity index (χ0v) is 18.8. The van der Waals surface area contributed by atoms with E-state index in [2.05, 4.69) is 5.32 Å². The molecule has 7 heteroatoms. The van der Waals surface area contributed by atoms with Crippen LogP contribution in [0.4, 0.5) is 0 Å². The molecule has 0 saturated carbocycles. The average Bonchev–Trinajstić information content (AvgIpc) is 2.79. The van der Waals surface area contributed by atoms with Crippen molar-refractivity contribution >= 4 is 17.7 Å². The second kappa shape index (κ2) is 10.5. The molecule has 0 bridgehead atoms. The zero-order valence-electron chi connectivity index (χ0n) is 18.8. The lowest BCUT2D eigenvalue weighted by Gasteiger charge is -2.20. The molecule has 1 N–H and O–H groups in total. The highest BCUT2D eigenvalue weighted by atomic mass is 16.5. The monoisotopic (exact) mass is 446 g/mol. The van der Waals surface area contributed by atoms with Crippen LogP contribution in [0.15, 0.2) is 71.7 Å². The summed E-state index contributed by atoms with van der Waals surface area (Å²) in [6.07, 6.45) is 1.76. The summed E-state index contributed by atoms with van der Waals surface area (Å²) in [5, 5.41) is 2.52. The Labute approximate surface area is 192 Å². The number of aromatic nitrogens is 1. The van der Waals surface area contributed by atoms with Gasteiger partial charge in [0.2, 0.25) is 5.56 Å². The number of nitrogens with zero attached hydrogens (tertiary/aromatic N) is 1. The Bertz CT molecular complexity index is 1230. The third-order valence-electron chi connectivity index (χ3n) is 5.44. The molecular formula is C26H26N2O5. The first kappa shape index (κ1) is 23.7. The number of Topliss-reactive ketones (excluding diaryl/α,β-unsaturated/α-hetero) is 1. The van der Waals surface area contributed by atoms with Gasteiger partial charge in [-0.15, -0.1) is 0 Å². The highest BCUT2D eigenvalue weighted by Crippen LogP contribution is 2.31. The van der Waals surface area contributed by atoms with Crippen molar-refractivity contribution in [2.24, 2.45) is 7.05 Å². The first-order chi connectivity index (χ1) is 15.8. The molecule has 3 rings (SSSR count). The van der Waals surface area contributed by atoms with Gasteiger partial charge >= 0.3 is 5.97 Å². The number of benzene rings is 2. The van der Waals surface area contributed by atoms with Gasteiger partial charge in [-0.25, -0.2) is 0 Å². The summed E-state index contributed by atoms with van der Waals surface area (Å²) in [5.74, 6) is -1.15. The lowest BCUT2D eigenvalue weighted by Crippen LogP contribution is -2.27. The minimum atomic E-state index is -0.477. The molecule has 2 aromatic carbocycles. The van der Waals surface area contributed by atoms with Crippen LogP contribution < -0.4 is 10.9 Å². The predicted octanol–water partition coefficient (Wildman–Crippen LogP) is 3.35. The van der Waals surface area contributed by atoms with E-state index >= 15 is 0 Å². The van der Waals surface area contributed by atoms with Crippen molar-refractivity contribution < 1.29 is 19.1 Å². The summed E-state index contributed by atoms with van der Waals surface area (Å²) < 4.78 is 6.13. The fourth-order valence-electron chi connectivity index (χ4n) is 3.62. The van der Waals surface area contributed by atoms with Crippen molar-refractivity contribution in [2.75, 3.05) is 6.73 Å². The molecule has 1 heterocycles. The van der Waals surface area contributed by atoms with Crippen molar-refractivity contribution in [2.45, 2.75) is 26.2 Å². The first-order valence-corrected chi connectivity index (χ1v) is 10.5. The van der Waals surface area contributed by atoms with Crippen molar-refractivity contribution in [1.29, 1.82) is 0 Å². The number of pyridine rings is 1. The highest BCUT2D eigenvalue weighted by Gasteiger charge is 2.21. The second-order valence-corrected chi connectivity index (χ2v) is 7.81. The van der Waals surface area contributed by atoms with Crippen LogP contribution in [0.2, 0.25) is 0 Å². The molecule has 0 aliphatic rings. The molecule has 0 fully saturated rings. The normalized spacial score (nSPS) is 11.5. The van der Waals surface area contributed by atoms with Crippen molar-refractivity contribution in [1.82, 2.24) is 9.88 Å². The number of carbonyl (C=O) groups excluding carboxylic acids is 3. The van der Waals surface area contributed by atoms with Crippen molar-refractivity contribution in [3.05, 3.63) is 105 Å². The van der Waals surface area contributed by atoms with Crippen molar-refractivity contribution in [3.63, 3.8) is 0 Å². The van der Waals surface area contributed by atoms with Gasteiger partial charge in [0.15, 0.2) is 12.5 Å². The summed E-state index contributed by atoms with van der Waals surface area (Å²) >= 11 is 0. The van der Waals surface area contributed by atoms with Gasteiger partial charge in [0.25, 0.3) is 5.91 Å². The van der Waals surface area contributed by atoms with Gasteiger partial charge in [-0.1, -0.05) is 36.4 Å². The molecule has 1 aromatic heterocycles. The van der Waals surface area contributed by atoms with Crippen LogP contribution in [0, 0.1) is 6.92 Å². The SMILES string of the molecule is CC(=O)OCNC(=O)c1ccc(C(CC(=O)c2ccc(=O)n(C)c2)c2ccccc2C)cc1. The molecule has 0 radical (unpaired) electrons. The van der Waals surface area contributed by atoms with Gasteiger partial charge in [-0.3, -0.25) is 19.2 Å². The molecule has 1 atom stereocenters. The number of ether oxygens (including phenoxy) is 1. The third-order valence-corrected chi connectivity index (χ3v) is 5.44. The fourth-order valence-corrected chi connectivity index (χ4v) is 3.62. The molecule has 1 amide bonds. The average molecular weight is 447 g/mol. The lowest BCUT2D eigenvalue weighted by atomic mass is 9.83. The second-order valence-electron chi connectivity index (χ2n) is 7.81. The summed E-state index contributed by atoms with van der Waals surface area (Å²) in [5.41, 5.74) is 3.67. The van der Waals surface area contributed by atoms with E-state index in [4.69, 9.17) is 4.74 Å². The summed E-state index contributed by atoms with van der Waals surface area (Å²) in [7, 11) is 1.61. The van der Waals surface area contributed by atoms with Gasteiger partial charge in [-0.2, -0.15) is 0 Å². The summed E-state index contributed by atoms with van der Waals surface area (Å²) in [6, 6.07) is 17.8. The number of ketones is 1. The molecule has 3 aromatic rings. The van der Waals surface area contributed by atoms with Crippen LogP contribution in [0.25, 0.3) is 0 Å². The van der Waals surface area contributed by atoms with Crippen LogP contribution in [-0.2, 0) is 16.6 Å². The Morgan fingerprint density at radius 3 is 2.27 bits per heavy atom.